The van der Waals surface area contributed by atoms with Gasteiger partial charge in [-0.25, -0.2) is 9.18 Å². The van der Waals surface area contributed by atoms with Gasteiger partial charge in [0.25, 0.3) is 5.69 Å². The van der Waals surface area contributed by atoms with Crippen molar-refractivity contribution in [1.29, 1.82) is 0 Å². The second kappa shape index (κ2) is 6.04. The van der Waals surface area contributed by atoms with Crippen molar-refractivity contribution in [3.05, 3.63) is 57.8 Å². The first-order valence-electron chi connectivity index (χ1n) is 5.86. The third kappa shape index (κ3) is 3.35. The molecule has 0 fully saturated rings. The molecule has 110 valence electrons. The zero-order valence-corrected chi connectivity index (χ0v) is 11.0. The number of nitro groups is 1. The molecule has 0 aliphatic rings. The van der Waals surface area contributed by atoms with Gasteiger partial charge in [-0.1, -0.05) is 0 Å². The minimum absolute atomic E-state index is 0.0403. The van der Waals surface area contributed by atoms with Gasteiger partial charge in [-0.3, -0.25) is 10.1 Å². The molecule has 2 aromatic rings. The molecular formula is C13H11FN2O5. The van der Waals surface area contributed by atoms with Crippen LogP contribution in [0.2, 0.25) is 0 Å². The van der Waals surface area contributed by atoms with Gasteiger partial charge in [-0.15, -0.1) is 0 Å². The molecule has 0 radical (unpaired) electrons. The Labute approximate surface area is 118 Å². The normalized spacial score (nSPS) is 10.2. The number of carbonyl (C=O) groups excluding carboxylic acids is 1. The van der Waals surface area contributed by atoms with E-state index < -0.39 is 16.7 Å². The van der Waals surface area contributed by atoms with E-state index in [0.29, 0.717) is 5.76 Å². The van der Waals surface area contributed by atoms with Crippen molar-refractivity contribution in [2.24, 2.45) is 0 Å². The lowest BCUT2D eigenvalue weighted by Gasteiger charge is -2.05. The monoisotopic (exact) mass is 294 g/mol. The molecule has 0 saturated carbocycles. The molecule has 0 aliphatic heterocycles. The molecule has 7 nitrogen and oxygen atoms in total. The smallest absolute Gasteiger partial charge is 0.373 e. The Hall–Kier alpha value is -2.90. The lowest BCUT2D eigenvalue weighted by molar-refractivity contribution is -0.385. The van der Waals surface area contributed by atoms with Crippen LogP contribution in [0.3, 0.4) is 0 Å². The van der Waals surface area contributed by atoms with Crippen LogP contribution in [0.25, 0.3) is 0 Å². The number of non-ortho nitro benzene ring substituents is 1. The van der Waals surface area contributed by atoms with Crippen molar-refractivity contribution in [1.82, 2.24) is 0 Å². The fraction of sp³-hybridized carbons (Fsp3) is 0.154. The number of hydrogen-bond donors (Lipinski definition) is 1. The molecule has 1 heterocycles. The van der Waals surface area contributed by atoms with Crippen molar-refractivity contribution in [3.63, 3.8) is 0 Å². The van der Waals surface area contributed by atoms with Crippen LogP contribution < -0.4 is 5.32 Å². The molecule has 0 atom stereocenters. The molecule has 8 heteroatoms. The Morgan fingerprint density at radius 2 is 2.19 bits per heavy atom. The van der Waals surface area contributed by atoms with Gasteiger partial charge in [0.2, 0.25) is 5.76 Å². The summed E-state index contributed by atoms with van der Waals surface area (Å²) in [6.45, 7) is 0.117. The topological polar surface area (TPSA) is 94.6 Å². The number of carbonyl (C=O) groups is 1. The first-order valence-corrected chi connectivity index (χ1v) is 5.86. The average Bonchev–Trinajstić information content (AvgIpc) is 2.93. The molecule has 0 saturated heterocycles. The quantitative estimate of drug-likeness (QED) is 0.517. The lowest BCUT2D eigenvalue weighted by atomic mass is 10.2. The van der Waals surface area contributed by atoms with Crippen LogP contribution >= 0.6 is 0 Å². The van der Waals surface area contributed by atoms with E-state index in [2.05, 4.69) is 10.1 Å². The molecular weight excluding hydrogens is 283 g/mol. The van der Waals surface area contributed by atoms with Crippen LogP contribution in [0.15, 0.2) is 34.7 Å². The SMILES string of the molecule is COC(=O)c1ccc(CNc2ccc([N+](=O)[O-])cc2F)o1. The molecule has 1 aromatic heterocycles. The van der Waals surface area contributed by atoms with Gasteiger partial charge in [0.15, 0.2) is 5.82 Å². The predicted molar refractivity (Wildman–Crippen MR) is 70.4 cm³/mol. The van der Waals surface area contributed by atoms with E-state index in [9.17, 15) is 19.3 Å². The van der Waals surface area contributed by atoms with Crippen molar-refractivity contribution in [3.8, 4) is 0 Å². The summed E-state index contributed by atoms with van der Waals surface area (Å²) in [7, 11) is 1.23. The number of esters is 1. The Balaban J connectivity index is 2.04. The Morgan fingerprint density at radius 3 is 2.81 bits per heavy atom. The summed E-state index contributed by atoms with van der Waals surface area (Å²) < 4.78 is 23.3. The van der Waals surface area contributed by atoms with E-state index >= 15 is 0 Å². The number of furan rings is 1. The summed E-state index contributed by atoms with van der Waals surface area (Å²) in [6.07, 6.45) is 0. The van der Waals surface area contributed by atoms with Gasteiger partial charge >= 0.3 is 5.97 Å². The number of nitrogens with zero attached hydrogens (tertiary/aromatic N) is 1. The number of methoxy groups -OCH3 is 1. The third-order valence-corrected chi connectivity index (χ3v) is 2.66. The highest BCUT2D eigenvalue weighted by atomic mass is 19.1. The number of anilines is 1. The van der Waals surface area contributed by atoms with E-state index in [-0.39, 0.29) is 23.7 Å². The number of hydrogen-bond acceptors (Lipinski definition) is 6. The minimum Gasteiger partial charge on any atom is -0.463 e. The van der Waals surface area contributed by atoms with Crippen LogP contribution in [-0.4, -0.2) is 18.0 Å². The number of nitro benzene ring substituents is 1. The fourth-order valence-electron chi connectivity index (χ4n) is 1.63. The maximum Gasteiger partial charge on any atom is 0.373 e. The van der Waals surface area contributed by atoms with E-state index in [1.54, 1.807) is 6.07 Å². The predicted octanol–water partition coefficient (Wildman–Crippen LogP) is 2.73. The van der Waals surface area contributed by atoms with Gasteiger partial charge in [0, 0.05) is 6.07 Å². The number of benzene rings is 1. The fourth-order valence-corrected chi connectivity index (χ4v) is 1.63. The maximum absolute atomic E-state index is 13.6. The lowest BCUT2D eigenvalue weighted by Crippen LogP contribution is -2.02. The molecule has 21 heavy (non-hydrogen) atoms. The second-order valence-corrected chi connectivity index (χ2v) is 4.03. The van der Waals surface area contributed by atoms with Gasteiger partial charge in [0.1, 0.15) is 5.76 Å². The van der Waals surface area contributed by atoms with E-state index in [0.717, 1.165) is 6.07 Å². The van der Waals surface area contributed by atoms with Crippen molar-refractivity contribution >= 4 is 17.3 Å². The largest absolute Gasteiger partial charge is 0.463 e. The van der Waals surface area contributed by atoms with Gasteiger partial charge < -0.3 is 14.5 Å². The van der Waals surface area contributed by atoms with E-state index in [4.69, 9.17) is 4.42 Å². The van der Waals surface area contributed by atoms with Crippen molar-refractivity contribution in [2.75, 3.05) is 12.4 Å². The van der Waals surface area contributed by atoms with Crippen LogP contribution in [0.5, 0.6) is 0 Å². The van der Waals surface area contributed by atoms with E-state index in [1.807, 2.05) is 0 Å². The minimum atomic E-state index is -0.746. The highest BCUT2D eigenvalue weighted by Gasteiger charge is 2.13. The van der Waals surface area contributed by atoms with Crippen molar-refractivity contribution < 1.29 is 23.3 Å². The van der Waals surface area contributed by atoms with E-state index in [1.165, 1.54) is 25.3 Å². The molecule has 1 N–H and O–H groups in total. The zero-order chi connectivity index (χ0) is 15.4. The highest BCUT2D eigenvalue weighted by Crippen LogP contribution is 2.21. The average molecular weight is 294 g/mol. The van der Waals surface area contributed by atoms with Crippen LogP contribution in [0, 0.1) is 15.9 Å². The van der Waals surface area contributed by atoms with Crippen LogP contribution in [0.1, 0.15) is 16.3 Å². The highest BCUT2D eigenvalue weighted by molar-refractivity contribution is 5.86. The zero-order valence-electron chi connectivity index (χ0n) is 11.0. The summed E-state index contributed by atoms with van der Waals surface area (Å²) >= 11 is 0. The molecule has 1 aromatic carbocycles. The van der Waals surface area contributed by atoms with Crippen LogP contribution in [0.4, 0.5) is 15.8 Å². The summed E-state index contributed by atoms with van der Waals surface area (Å²) in [4.78, 5) is 21.0. The Bertz CT molecular complexity index is 683. The maximum atomic E-state index is 13.6. The summed E-state index contributed by atoms with van der Waals surface area (Å²) in [5.74, 6) is -0.918. The van der Waals surface area contributed by atoms with Crippen molar-refractivity contribution in [2.45, 2.75) is 6.54 Å². The number of halogens is 1. The standard InChI is InChI=1S/C13H11FN2O5/c1-20-13(17)12-5-3-9(21-12)7-15-11-4-2-8(16(18)19)6-10(11)14/h2-6,15H,7H2,1H3. The van der Waals surface area contributed by atoms with Gasteiger partial charge in [-0.05, 0) is 18.2 Å². The Morgan fingerprint density at radius 1 is 1.43 bits per heavy atom. The third-order valence-electron chi connectivity index (χ3n) is 2.66. The number of ether oxygens (including phenoxy) is 1. The second-order valence-electron chi connectivity index (χ2n) is 4.03. The number of rotatable bonds is 5. The van der Waals surface area contributed by atoms with Gasteiger partial charge in [-0.2, -0.15) is 0 Å². The summed E-state index contributed by atoms with van der Waals surface area (Å²) in [6, 6.07) is 6.26. The molecule has 0 amide bonds. The summed E-state index contributed by atoms with van der Waals surface area (Å²) in [5, 5.41) is 13.2. The van der Waals surface area contributed by atoms with Crippen LogP contribution in [-0.2, 0) is 11.3 Å². The molecule has 2 rings (SSSR count). The first-order chi connectivity index (χ1) is 10.0. The Kier molecular flexibility index (Phi) is 4.17. The summed E-state index contributed by atoms with van der Waals surface area (Å²) in [5.41, 5.74) is -0.236. The molecule has 0 unspecified atom stereocenters. The molecule has 0 aliphatic carbocycles. The number of nitrogens with one attached hydrogen (secondary N) is 1. The molecule has 0 bridgehead atoms. The van der Waals surface area contributed by atoms with Gasteiger partial charge in [0.05, 0.1) is 30.3 Å². The molecule has 0 spiro atoms. The first kappa shape index (κ1) is 14.5.